The van der Waals surface area contributed by atoms with Crippen molar-refractivity contribution in [1.29, 1.82) is 0 Å². The van der Waals surface area contributed by atoms with Crippen LogP contribution in [-0.2, 0) is 0 Å². The van der Waals surface area contributed by atoms with Gasteiger partial charge >= 0.3 is 0 Å². The first-order chi connectivity index (χ1) is 31.7. The first kappa shape index (κ1) is 37.7. The van der Waals surface area contributed by atoms with Gasteiger partial charge in [0.05, 0.1) is 0 Å². The Hall–Kier alpha value is -8.06. The normalized spacial score (nSPS) is 15.0. The molecular formula is C64H44. The van der Waals surface area contributed by atoms with Crippen molar-refractivity contribution in [3.63, 3.8) is 0 Å². The number of fused-ring (bicyclic) bond motifs is 8. The molecule has 10 aromatic rings. The highest BCUT2D eigenvalue weighted by atomic mass is 14.3. The maximum Gasteiger partial charge on any atom is 0.0352 e. The third kappa shape index (κ3) is 7.00. The molecule has 0 saturated heterocycles. The molecule has 2 aliphatic carbocycles. The first-order valence-electron chi connectivity index (χ1n) is 22.4. The van der Waals surface area contributed by atoms with Crippen LogP contribution in [0.4, 0.5) is 0 Å². The Bertz CT molecular complexity index is 3490. The average molecular weight is 813 g/mol. The third-order valence-electron chi connectivity index (χ3n) is 13.3. The lowest BCUT2D eigenvalue weighted by molar-refractivity contribution is 1.01. The molecule has 0 fully saturated rings. The van der Waals surface area contributed by atoms with Gasteiger partial charge in [-0.1, -0.05) is 225 Å². The van der Waals surface area contributed by atoms with Gasteiger partial charge in [-0.2, -0.15) is 0 Å². The molecule has 2 atom stereocenters. The number of rotatable bonds is 8. The van der Waals surface area contributed by atoms with Crippen LogP contribution in [0.5, 0.6) is 0 Å². The van der Waals surface area contributed by atoms with E-state index in [-0.39, 0.29) is 11.8 Å². The summed E-state index contributed by atoms with van der Waals surface area (Å²) in [5.74, 6) is 0.529. The van der Waals surface area contributed by atoms with Crippen molar-refractivity contribution in [2.45, 2.75) is 11.8 Å². The highest BCUT2D eigenvalue weighted by Crippen LogP contribution is 2.49. The van der Waals surface area contributed by atoms with Crippen LogP contribution < -0.4 is 0 Å². The van der Waals surface area contributed by atoms with Crippen molar-refractivity contribution in [3.8, 4) is 22.3 Å². The minimum absolute atomic E-state index is 0.254. The summed E-state index contributed by atoms with van der Waals surface area (Å²) >= 11 is 0. The molecule has 0 aromatic heterocycles. The maximum atomic E-state index is 2.38. The molecule has 0 saturated carbocycles. The summed E-state index contributed by atoms with van der Waals surface area (Å²) in [6, 6.07) is 80.3. The van der Waals surface area contributed by atoms with Crippen LogP contribution >= 0.6 is 0 Å². The lowest BCUT2D eigenvalue weighted by atomic mass is 9.89. The number of hydrogen-bond acceptors (Lipinski definition) is 0. The van der Waals surface area contributed by atoms with E-state index in [0.717, 1.165) is 0 Å². The molecule has 0 heteroatoms. The van der Waals surface area contributed by atoms with Gasteiger partial charge in [-0.25, -0.2) is 0 Å². The number of hydrogen-bond donors (Lipinski definition) is 0. The summed E-state index contributed by atoms with van der Waals surface area (Å²) in [6.45, 7) is 0. The van der Waals surface area contributed by atoms with Crippen LogP contribution in [0.2, 0.25) is 0 Å². The molecule has 0 heterocycles. The van der Waals surface area contributed by atoms with E-state index in [2.05, 4.69) is 255 Å². The highest BCUT2D eigenvalue weighted by Gasteiger charge is 2.30. The number of benzene rings is 10. The molecule has 0 radical (unpaired) electrons. The summed E-state index contributed by atoms with van der Waals surface area (Å²) in [5.41, 5.74) is 20.8. The summed E-state index contributed by atoms with van der Waals surface area (Å²) in [5, 5.41) is 4.95. The monoisotopic (exact) mass is 812 g/mol. The van der Waals surface area contributed by atoms with Crippen LogP contribution in [0.1, 0.15) is 78.6 Å². The molecule has 300 valence electrons. The van der Waals surface area contributed by atoms with Crippen molar-refractivity contribution < 1.29 is 0 Å². The Morgan fingerprint density at radius 1 is 0.219 bits per heavy atom. The van der Waals surface area contributed by atoms with Gasteiger partial charge in [-0.15, -0.1) is 0 Å². The molecule has 0 spiro atoms. The second-order valence-corrected chi connectivity index (χ2v) is 17.3. The molecule has 12 rings (SSSR count). The standard InChI is InChI=1S/C64H44/c1-3-11-49(12-4-1)63-59-18-10-8-16-56(59)61-41-47(30-36-60(61)63)23-21-45-27-33-51-37-43(25-31-53(51)39-45)19-20-44-26-32-54-40-46(28-34-52(54)38-44)22-24-48-29-35-57-55-15-7-9-17-58(55)64(62(57)42-48)50-13-5-2-6-14-50/h1-42,63-64H. The van der Waals surface area contributed by atoms with Gasteiger partial charge in [-0.3, -0.25) is 0 Å². The topological polar surface area (TPSA) is 0 Å². The van der Waals surface area contributed by atoms with Crippen molar-refractivity contribution in [2.75, 3.05) is 0 Å². The second kappa shape index (κ2) is 16.0. The van der Waals surface area contributed by atoms with E-state index in [1.165, 1.54) is 111 Å². The molecule has 2 unspecified atom stereocenters. The zero-order chi connectivity index (χ0) is 42.4. The molecule has 64 heavy (non-hydrogen) atoms. The minimum Gasteiger partial charge on any atom is -0.0622 e. The van der Waals surface area contributed by atoms with E-state index in [0.29, 0.717) is 0 Å². The van der Waals surface area contributed by atoms with Crippen LogP contribution in [0.25, 0.3) is 80.3 Å². The van der Waals surface area contributed by atoms with Gasteiger partial charge in [-0.05, 0) is 141 Å². The van der Waals surface area contributed by atoms with Crippen molar-refractivity contribution in [2.24, 2.45) is 0 Å². The van der Waals surface area contributed by atoms with Crippen LogP contribution in [0.3, 0.4) is 0 Å². The molecule has 0 N–H and O–H groups in total. The molecular weight excluding hydrogens is 769 g/mol. The fourth-order valence-corrected chi connectivity index (χ4v) is 10.2. The highest BCUT2D eigenvalue weighted by molar-refractivity contribution is 5.92. The van der Waals surface area contributed by atoms with Crippen molar-refractivity contribution in [3.05, 3.63) is 285 Å². The Morgan fingerprint density at radius 2 is 0.547 bits per heavy atom. The SMILES string of the molecule is C(=Cc1ccc2cc(C=Cc3ccc4cc(C=Cc5ccc6c(c5)C(c5ccccc5)c5ccccc5-6)ccc4c3)ccc2c1)c1ccc2c(c1)-c1ccccc1C2c1ccccc1. The van der Waals surface area contributed by atoms with Crippen LogP contribution in [0.15, 0.2) is 218 Å². The summed E-state index contributed by atoms with van der Waals surface area (Å²) in [7, 11) is 0. The first-order valence-corrected chi connectivity index (χ1v) is 22.4. The quantitative estimate of drug-likeness (QED) is 0.134. The second-order valence-electron chi connectivity index (χ2n) is 17.3. The predicted octanol–water partition coefficient (Wildman–Crippen LogP) is 16.8. The van der Waals surface area contributed by atoms with Gasteiger partial charge in [0.15, 0.2) is 0 Å². The molecule has 0 nitrogen and oxygen atoms in total. The molecule has 2 aliphatic rings. The fraction of sp³-hybridized carbons (Fsp3) is 0.0312. The smallest absolute Gasteiger partial charge is 0.0352 e. The van der Waals surface area contributed by atoms with E-state index in [1.807, 2.05) is 0 Å². The van der Waals surface area contributed by atoms with Crippen molar-refractivity contribution in [1.82, 2.24) is 0 Å². The molecule has 0 bridgehead atoms. The maximum absolute atomic E-state index is 2.38. The predicted molar refractivity (Wildman–Crippen MR) is 273 cm³/mol. The van der Waals surface area contributed by atoms with E-state index < -0.39 is 0 Å². The Kier molecular flexibility index (Phi) is 9.42. The van der Waals surface area contributed by atoms with E-state index in [4.69, 9.17) is 0 Å². The van der Waals surface area contributed by atoms with Gasteiger partial charge in [0.25, 0.3) is 0 Å². The molecule has 10 aromatic carbocycles. The average Bonchev–Trinajstić information content (AvgIpc) is 3.87. The summed E-state index contributed by atoms with van der Waals surface area (Å²) in [6.07, 6.45) is 13.4. The molecule has 0 amide bonds. The zero-order valence-corrected chi connectivity index (χ0v) is 35.4. The van der Waals surface area contributed by atoms with Crippen LogP contribution in [0, 0.1) is 0 Å². The van der Waals surface area contributed by atoms with Gasteiger partial charge in [0, 0.05) is 11.8 Å². The van der Waals surface area contributed by atoms with E-state index in [1.54, 1.807) is 0 Å². The Balaban J connectivity index is 0.731. The summed E-state index contributed by atoms with van der Waals surface area (Å²) in [4.78, 5) is 0. The summed E-state index contributed by atoms with van der Waals surface area (Å²) < 4.78 is 0. The third-order valence-corrected chi connectivity index (χ3v) is 13.3. The van der Waals surface area contributed by atoms with Gasteiger partial charge in [0.1, 0.15) is 0 Å². The van der Waals surface area contributed by atoms with Gasteiger partial charge in [0.2, 0.25) is 0 Å². The zero-order valence-electron chi connectivity index (χ0n) is 35.4. The largest absolute Gasteiger partial charge is 0.0622 e. The van der Waals surface area contributed by atoms with Crippen molar-refractivity contribution >= 4 is 58.0 Å². The van der Waals surface area contributed by atoms with Gasteiger partial charge < -0.3 is 0 Å². The molecule has 0 aliphatic heterocycles. The Labute approximate surface area is 375 Å². The van der Waals surface area contributed by atoms with E-state index >= 15 is 0 Å². The lowest BCUT2D eigenvalue weighted by Crippen LogP contribution is -1.98. The van der Waals surface area contributed by atoms with E-state index in [9.17, 15) is 0 Å². The Morgan fingerprint density at radius 3 is 1.03 bits per heavy atom. The van der Waals surface area contributed by atoms with Crippen LogP contribution in [-0.4, -0.2) is 0 Å². The lowest BCUT2D eigenvalue weighted by Gasteiger charge is -2.14. The fourth-order valence-electron chi connectivity index (χ4n) is 10.2. The minimum atomic E-state index is 0.254.